The van der Waals surface area contributed by atoms with E-state index in [1.54, 1.807) is 6.07 Å². The lowest BCUT2D eigenvalue weighted by Gasteiger charge is -2.23. The summed E-state index contributed by atoms with van der Waals surface area (Å²) < 4.78 is 0. The van der Waals surface area contributed by atoms with Crippen molar-refractivity contribution in [2.45, 2.75) is 27.3 Å². The second-order valence-electron chi connectivity index (χ2n) is 5.76. The zero-order valence-corrected chi connectivity index (χ0v) is 14.9. The average molecular weight is 345 g/mol. The highest BCUT2D eigenvalue weighted by molar-refractivity contribution is 6.31. The van der Waals surface area contributed by atoms with Crippen LogP contribution in [0.3, 0.4) is 0 Å². The highest BCUT2D eigenvalue weighted by Crippen LogP contribution is 2.21. The van der Waals surface area contributed by atoms with E-state index in [2.05, 4.69) is 5.32 Å². The molecule has 0 heterocycles. The summed E-state index contributed by atoms with van der Waals surface area (Å²) in [5.41, 5.74) is 3.59. The molecular weight excluding hydrogens is 324 g/mol. The molecule has 0 aliphatic carbocycles. The quantitative estimate of drug-likeness (QED) is 0.900. The molecule has 2 aromatic rings. The second-order valence-corrected chi connectivity index (χ2v) is 6.17. The molecule has 2 amide bonds. The first-order valence-electron chi connectivity index (χ1n) is 7.74. The fourth-order valence-corrected chi connectivity index (χ4v) is 2.61. The SMILES string of the molecule is CC(=O)N(CC(=O)NCc1ccccc1Cl)c1cc(C)ccc1C. The topological polar surface area (TPSA) is 49.4 Å². The van der Waals surface area contributed by atoms with Crippen molar-refractivity contribution in [1.29, 1.82) is 0 Å². The Kier molecular flexibility index (Phi) is 5.99. The molecule has 126 valence electrons. The van der Waals surface area contributed by atoms with E-state index in [0.29, 0.717) is 11.6 Å². The first-order chi connectivity index (χ1) is 11.4. The van der Waals surface area contributed by atoms with Gasteiger partial charge in [0.1, 0.15) is 6.54 Å². The molecule has 0 spiro atoms. The van der Waals surface area contributed by atoms with Gasteiger partial charge in [0.15, 0.2) is 0 Å². The van der Waals surface area contributed by atoms with Crippen LogP contribution in [0, 0.1) is 13.8 Å². The number of hydrogen-bond donors (Lipinski definition) is 1. The lowest BCUT2D eigenvalue weighted by molar-refractivity contribution is -0.123. The normalized spacial score (nSPS) is 10.3. The van der Waals surface area contributed by atoms with Crippen LogP contribution in [0.2, 0.25) is 5.02 Å². The summed E-state index contributed by atoms with van der Waals surface area (Å²) in [6.07, 6.45) is 0. The van der Waals surface area contributed by atoms with E-state index in [9.17, 15) is 9.59 Å². The summed E-state index contributed by atoms with van der Waals surface area (Å²) in [7, 11) is 0. The predicted octanol–water partition coefficient (Wildman–Crippen LogP) is 3.63. The van der Waals surface area contributed by atoms with E-state index in [1.165, 1.54) is 11.8 Å². The molecule has 0 bridgehead atoms. The zero-order chi connectivity index (χ0) is 17.7. The fourth-order valence-electron chi connectivity index (χ4n) is 2.41. The molecule has 24 heavy (non-hydrogen) atoms. The Hall–Kier alpha value is -2.33. The van der Waals surface area contributed by atoms with Crippen molar-refractivity contribution in [2.75, 3.05) is 11.4 Å². The summed E-state index contributed by atoms with van der Waals surface area (Å²) >= 11 is 6.08. The van der Waals surface area contributed by atoms with Crippen molar-refractivity contribution in [3.8, 4) is 0 Å². The van der Waals surface area contributed by atoms with Gasteiger partial charge in [-0.1, -0.05) is 41.9 Å². The van der Waals surface area contributed by atoms with Gasteiger partial charge in [-0.05, 0) is 42.7 Å². The van der Waals surface area contributed by atoms with Crippen molar-refractivity contribution in [2.24, 2.45) is 0 Å². The third-order valence-electron chi connectivity index (χ3n) is 3.77. The van der Waals surface area contributed by atoms with Crippen molar-refractivity contribution in [3.63, 3.8) is 0 Å². The first kappa shape index (κ1) is 18.0. The summed E-state index contributed by atoms with van der Waals surface area (Å²) in [6, 6.07) is 13.2. The minimum absolute atomic E-state index is 0.0237. The van der Waals surface area contributed by atoms with Crippen LogP contribution in [0.5, 0.6) is 0 Å². The molecule has 0 saturated heterocycles. The number of carbonyl (C=O) groups excluding carboxylic acids is 2. The van der Waals surface area contributed by atoms with E-state index < -0.39 is 0 Å². The minimum Gasteiger partial charge on any atom is -0.350 e. The molecule has 0 atom stereocenters. The Labute approximate surface area is 147 Å². The van der Waals surface area contributed by atoms with Crippen LogP contribution in [0.25, 0.3) is 0 Å². The predicted molar refractivity (Wildman–Crippen MR) is 97.2 cm³/mol. The molecule has 2 rings (SSSR count). The molecular formula is C19H21ClN2O2. The summed E-state index contributed by atoms with van der Waals surface area (Å²) in [6.45, 7) is 5.65. The highest BCUT2D eigenvalue weighted by Gasteiger charge is 2.17. The molecule has 5 heteroatoms. The van der Waals surface area contributed by atoms with Gasteiger partial charge < -0.3 is 10.2 Å². The van der Waals surface area contributed by atoms with Gasteiger partial charge in [-0.2, -0.15) is 0 Å². The zero-order valence-electron chi connectivity index (χ0n) is 14.1. The number of anilines is 1. The van der Waals surface area contributed by atoms with Gasteiger partial charge in [0.25, 0.3) is 0 Å². The van der Waals surface area contributed by atoms with Gasteiger partial charge >= 0.3 is 0 Å². The number of rotatable bonds is 5. The number of benzene rings is 2. The summed E-state index contributed by atoms with van der Waals surface area (Å²) in [4.78, 5) is 25.8. The van der Waals surface area contributed by atoms with Crippen molar-refractivity contribution >= 4 is 29.1 Å². The molecule has 0 fully saturated rings. The molecule has 2 aromatic carbocycles. The molecule has 0 saturated carbocycles. The second kappa shape index (κ2) is 7.97. The standard InChI is InChI=1S/C19H21ClN2O2/c1-13-8-9-14(2)18(10-13)22(15(3)23)12-19(24)21-11-16-6-4-5-7-17(16)20/h4-10H,11-12H2,1-3H3,(H,21,24). The van der Waals surface area contributed by atoms with Crippen LogP contribution >= 0.6 is 11.6 Å². The van der Waals surface area contributed by atoms with Gasteiger partial charge in [-0.25, -0.2) is 0 Å². The molecule has 1 N–H and O–H groups in total. The number of carbonyl (C=O) groups is 2. The average Bonchev–Trinajstić information content (AvgIpc) is 2.54. The van der Waals surface area contributed by atoms with Gasteiger partial charge in [-0.3, -0.25) is 9.59 Å². The van der Waals surface area contributed by atoms with Crippen LogP contribution in [-0.4, -0.2) is 18.4 Å². The van der Waals surface area contributed by atoms with Crippen molar-refractivity contribution in [1.82, 2.24) is 5.32 Å². The van der Waals surface area contributed by atoms with Crippen LogP contribution < -0.4 is 10.2 Å². The molecule has 0 aliphatic rings. The Morgan fingerprint density at radius 2 is 1.83 bits per heavy atom. The smallest absolute Gasteiger partial charge is 0.240 e. The van der Waals surface area contributed by atoms with Gasteiger partial charge in [0.2, 0.25) is 11.8 Å². The number of halogens is 1. The van der Waals surface area contributed by atoms with E-state index in [1.807, 2.05) is 50.2 Å². The van der Waals surface area contributed by atoms with Crippen LogP contribution in [0.4, 0.5) is 5.69 Å². The number of hydrogen-bond acceptors (Lipinski definition) is 2. The summed E-state index contributed by atoms with van der Waals surface area (Å²) in [5, 5.41) is 3.42. The minimum atomic E-state index is -0.231. The highest BCUT2D eigenvalue weighted by atomic mass is 35.5. The van der Waals surface area contributed by atoms with Crippen LogP contribution in [0.15, 0.2) is 42.5 Å². The lowest BCUT2D eigenvalue weighted by atomic mass is 10.1. The maximum atomic E-state index is 12.3. The fraction of sp³-hybridized carbons (Fsp3) is 0.263. The van der Waals surface area contributed by atoms with Gasteiger partial charge in [-0.15, -0.1) is 0 Å². The van der Waals surface area contributed by atoms with Gasteiger partial charge in [0, 0.05) is 24.2 Å². The third-order valence-corrected chi connectivity index (χ3v) is 4.14. The van der Waals surface area contributed by atoms with Crippen LogP contribution in [-0.2, 0) is 16.1 Å². The monoisotopic (exact) mass is 344 g/mol. The van der Waals surface area contributed by atoms with Crippen LogP contribution in [0.1, 0.15) is 23.6 Å². The van der Waals surface area contributed by atoms with Gasteiger partial charge in [0.05, 0.1) is 0 Å². The maximum absolute atomic E-state index is 12.3. The van der Waals surface area contributed by atoms with E-state index in [4.69, 9.17) is 11.6 Å². The molecule has 0 unspecified atom stereocenters. The molecule has 4 nitrogen and oxygen atoms in total. The number of aryl methyl sites for hydroxylation is 2. The van der Waals surface area contributed by atoms with E-state index >= 15 is 0 Å². The Balaban J connectivity index is 2.08. The van der Waals surface area contributed by atoms with Crippen molar-refractivity contribution < 1.29 is 9.59 Å². The number of nitrogens with zero attached hydrogens (tertiary/aromatic N) is 1. The maximum Gasteiger partial charge on any atom is 0.240 e. The van der Waals surface area contributed by atoms with E-state index in [0.717, 1.165) is 22.4 Å². The number of amides is 2. The Morgan fingerprint density at radius 3 is 2.50 bits per heavy atom. The summed E-state index contributed by atoms with van der Waals surface area (Å²) in [5.74, 6) is -0.400. The lowest BCUT2D eigenvalue weighted by Crippen LogP contribution is -2.40. The Bertz CT molecular complexity index is 759. The third kappa shape index (κ3) is 4.59. The van der Waals surface area contributed by atoms with E-state index in [-0.39, 0.29) is 18.4 Å². The largest absolute Gasteiger partial charge is 0.350 e. The van der Waals surface area contributed by atoms with Crippen molar-refractivity contribution in [3.05, 3.63) is 64.2 Å². The number of nitrogens with one attached hydrogen (secondary N) is 1. The molecule has 0 radical (unpaired) electrons. The first-order valence-corrected chi connectivity index (χ1v) is 8.11. The molecule has 0 aliphatic heterocycles. The molecule has 0 aromatic heterocycles. The Morgan fingerprint density at radius 1 is 1.12 bits per heavy atom.